The van der Waals surface area contributed by atoms with Gasteiger partial charge in [0.1, 0.15) is 5.75 Å². The number of alkyl halides is 3. The molecule has 0 radical (unpaired) electrons. The third-order valence-corrected chi connectivity index (χ3v) is 6.33. The Hall–Kier alpha value is -3.03. The molecule has 1 saturated heterocycles. The van der Waals surface area contributed by atoms with Crippen LogP contribution in [0, 0.1) is 0 Å². The standard InChI is InChI=1S/C24H25F3N2O3/c25-24(26,27)18-8-2-4-10-20(18)32-16-6-5-11-21(30)29-14-12-23(13-15-29)17-7-1-3-9-19(17)28-22(23)31/h1-4,7-10H,5-6,11-16H2,(H,28,31). The number of halogens is 3. The number of hydrogen-bond acceptors (Lipinski definition) is 3. The van der Waals surface area contributed by atoms with Gasteiger partial charge in [-0.15, -0.1) is 0 Å². The first-order valence-corrected chi connectivity index (χ1v) is 10.8. The first-order valence-electron chi connectivity index (χ1n) is 10.8. The summed E-state index contributed by atoms with van der Waals surface area (Å²) in [5.74, 6) is -0.188. The highest BCUT2D eigenvalue weighted by Crippen LogP contribution is 2.44. The van der Waals surface area contributed by atoms with E-state index in [0.717, 1.165) is 17.3 Å². The Kier molecular flexibility index (Phi) is 6.13. The van der Waals surface area contributed by atoms with E-state index in [1.54, 1.807) is 4.90 Å². The van der Waals surface area contributed by atoms with Gasteiger partial charge in [-0.25, -0.2) is 0 Å². The first-order chi connectivity index (χ1) is 15.3. The second-order valence-corrected chi connectivity index (χ2v) is 8.26. The Labute approximate surface area is 184 Å². The summed E-state index contributed by atoms with van der Waals surface area (Å²) in [5, 5.41) is 2.95. The minimum Gasteiger partial charge on any atom is -0.493 e. The topological polar surface area (TPSA) is 58.6 Å². The van der Waals surface area contributed by atoms with E-state index in [1.165, 1.54) is 18.2 Å². The lowest BCUT2D eigenvalue weighted by atomic mass is 9.73. The highest BCUT2D eigenvalue weighted by molar-refractivity contribution is 6.06. The molecule has 2 aromatic carbocycles. The van der Waals surface area contributed by atoms with Crippen molar-refractivity contribution >= 4 is 17.5 Å². The van der Waals surface area contributed by atoms with Crippen LogP contribution in [-0.2, 0) is 21.2 Å². The molecule has 0 saturated carbocycles. The largest absolute Gasteiger partial charge is 0.493 e. The number of rotatable bonds is 6. The Bertz CT molecular complexity index is 998. The SMILES string of the molecule is O=C(CCCCOc1ccccc1C(F)(F)F)N1CCC2(CC1)C(=O)Nc1ccccc12. The van der Waals surface area contributed by atoms with E-state index in [9.17, 15) is 22.8 Å². The van der Waals surface area contributed by atoms with Gasteiger partial charge in [-0.05, 0) is 49.4 Å². The number of fused-ring (bicyclic) bond motifs is 2. The van der Waals surface area contributed by atoms with Gasteiger partial charge < -0.3 is 15.0 Å². The molecule has 5 nitrogen and oxygen atoms in total. The smallest absolute Gasteiger partial charge is 0.419 e. The molecule has 1 fully saturated rings. The number of piperidine rings is 1. The van der Waals surface area contributed by atoms with Crippen molar-refractivity contribution in [3.8, 4) is 5.75 Å². The van der Waals surface area contributed by atoms with E-state index < -0.39 is 17.2 Å². The van der Waals surface area contributed by atoms with Crippen molar-refractivity contribution < 1.29 is 27.5 Å². The van der Waals surface area contributed by atoms with Crippen molar-refractivity contribution in [3.05, 3.63) is 59.7 Å². The summed E-state index contributed by atoms with van der Waals surface area (Å²) in [6.45, 7) is 1.13. The number of nitrogens with zero attached hydrogens (tertiary/aromatic N) is 1. The lowest BCUT2D eigenvalue weighted by molar-refractivity contribution is -0.139. The maximum absolute atomic E-state index is 13.0. The zero-order chi connectivity index (χ0) is 22.8. The molecule has 2 aliphatic rings. The molecule has 170 valence electrons. The highest BCUT2D eigenvalue weighted by Gasteiger charge is 2.48. The van der Waals surface area contributed by atoms with Crippen molar-refractivity contribution in [1.29, 1.82) is 0 Å². The number of nitrogens with one attached hydrogen (secondary N) is 1. The van der Waals surface area contributed by atoms with Crippen molar-refractivity contribution in [2.75, 3.05) is 25.0 Å². The second kappa shape index (κ2) is 8.84. The van der Waals surface area contributed by atoms with Crippen LogP contribution in [0.3, 0.4) is 0 Å². The summed E-state index contributed by atoms with van der Waals surface area (Å²) in [7, 11) is 0. The molecule has 32 heavy (non-hydrogen) atoms. The van der Waals surface area contributed by atoms with Gasteiger partial charge in [0.05, 0.1) is 17.6 Å². The Morgan fingerprint density at radius 2 is 1.72 bits per heavy atom. The van der Waals surface area contributed by atoms with Crippen molar-refractivity contribution in [1.82, 2.24) is 4.90 Å². The predicted molar refractivity (Wildman–Crippen MR) is 113 cm³/mol. The minimum absolute atomic E-state index is 0.00193. The van der Waals surface area contributed by atoms with Crippen LogP contribution < -0.4 is 10.1 Å². The zero-order valence-electron chi connectivity index (χ0n) is 17.6. The van der Waals surface area contributed by atoms with E-state index >= 15 is 0 Å². The van der Waals surface area contributed by atoms with Crippen LogP contribution >= 0.6 is 0 Å². The summed E-state index contributed by atoms with van der Waals surface area (Å²) < 4.78 is 44.3. The number of ether oxygens (including phenoxy) is 1. The number of benzene rings is 2. The predicted octanol–water partition coefficient (Wildman–Crippen LogP) is 4.77. The number of amides is 2. The lowest BCUT2D eigenvalue weighted by Crippen LogP contribution is -2.48. The highest BCUT2D eigenvalue weighted by atomic mass is 19.4. The molecule has 0 bridgehead atoms. The normalized spacial score (nSPS) is 17.2. The van der Waals surface area contributed by atoms with Gasteiger partial charge in [-0.3, -0.25) is 9.59 Å². The van der Waals surface area contributed by atoms with Crippen molar-refractivity contribution in [3.63, 3.8) is 0 Å². The van der Waals surface area contributed by atoms with E-state index in [2.05, 4.69) is 5.32 Å². The maximum Gasteiger partial charge on any atom is 0.419 e. The van der Waals surface area contributed by atoms with Gasteiger partial charge in [0.2, 0.25) is 11.8 Å². The van der Waals surface area contributed by atoms with Crippen molar-refractivity contribution in [2.45, 2.75) is 43.7 Å². The van der Waals surface area contributed by atoms with Gasteiger partial charge in [0, 0.05) is 25.2 Å². The number of hydrogen-bond donors (Lipinski definition) is 1. The molecule has 1 N–H and O–H groups in total. The monoisotopic (exact) mass is 446 g/mol. The van der Waals surface area contributed by atoms with Crippen LogP contribution in [0.15, 0.2) is 48.5 Å². The lowest BCUT2D eigenvalue weighted by Gasteiger charge is -2.38. The molecule has 0 atom stereocenters. The van der Waals surface area contributed by atoms with Crippen LogP contribution in [0.1, 0.15) is 43.2 Å². The van der Waals surface area contributed by atoms with Gasteiger partial charge in [0.15, 0.2) is 0 Å². The molecule has 1 spiro atoms. The van der Waals surface area contributed by atoms with E-state index in [0.29, 0.717) is 45.2 Å². The summed E-state index contributed by atoms with van der Waals surface area (Å²) in [5.41, 5.74) is 0.501. The van der Waals surface area contributed by atoms with Crippen LogP contribution in [0.5, 0.6) is 5.75 Å². The van der Waals surface area contributed by atoms with Crippen LogP contribution in [-0.4, -0.2) is 36.4 Å². The van der Waals surface area contributed by atoms with Crippen LogP contribution in [0.25, 0.3) is 0 Å². The number of carbonyl (C=O) groups excluding carboxylic acids is 2. The molecule has 0 aliphatic carbocycles. The van der Waals surface area contributed by atoms with Crippen LogP contribution in [0.2, 0.25) is 0 Å². The third-order valence-electron chi connectivity index (χ3n) is 6.33. The van der Waals surface area contributed by atoms with Crippen LogP contribution in [0.4, 0.5) is 18.9 Å². The molecule has 2 aliphatic heterocycles. The molecule has 0 aromatic heterocycles. The quantitative estimate of drug-likeness (QED) is 0.651. The molecule has 2 amide bonds. The average Bonchev–Trinajstić information content (AvgIpc) is 3.04. The number of anilines is 1. The zero-order valence-corrected chi connectivity index (χ0v) is 17.6. The van der Waals surface area contributed by atoms with Crippen molar-refractivity contribution in [2.24, 2.45) is 0 Å². The van der Waals surface area contributed by atoms with E-state index in [4.69, 9.17) is 4.74 Å². The van der Waals surface area contributed by atoms with Gasteiger partial charge in [-0.1, -0.05) is 30.3 Å². The summed E-state index contributed by atoms with van der Waals surface area (Å²) in [6, 6.07) is 12.8. The van der Waals surface area contributed by atoms with Gasteiger partial charge >= 0.3 is 6.18 Å². The summed E-state index contributed by atoms with van der Waals surface area (Å²) in [6.07, 6.45) is -1.99. The molecule has 2 aromatic rings. The first kappa shape index (κ1) is 22.2. The summed E-state index contributed by atoms with van der Waals surface area (Å²) >= 11 is 0. The number of unbranched alkanes of at least 4 members (excludes halogenated alkanes) is 1. The van der Waals surface area contributed by atoms with Gasteiger partial charge in [0.25, 0.3) is 0 Å². The summed E-state index contributed by atoms with van der Waals surface area (Å²) in [4.78, 5) is 27.0. The molecule has 2 heterocycles. The Morgan fingerprint density at radius 1 is 1.03 bits per heavy atom. The molecular weight excluding hydrogens is 421 g/mol. The average molecular weight is 446 g/mol. The maximum atomic E-state index is 13.0. The molecule has 4 rings (SSSR count). The Balaban J connectivity index is 1.23. The molecule has 8 heteroatoms. The molecule has 0 unspecified atom stereocenters. The minimum atomic E-state index is -4.46. The fourth-order valence-electron chi connectivity index (χ4n) is 4.55. The third kappa shape index (κ3) is 4.31. The number of carbonyl (C=O) groups is 2. The Morgan fingerprint density at radius 3 is 2.47 bits per heavy atom. The fraction of sp³-hybridized carbons (Fsp3) is 0.417. The van der Waals surface area contributed by atoms with Gasteiger partial charge in [-0.2, -0.15) is 13.2 Å². The fourth-order valence-corrected chi connectivity index (χ4v) is 4.55. The van der Waals surface area contributed by atoms with E-state index in [-0.39, 0.29) is 24.2 Å². The number of para-hydroxylation sites is 2. The number of likely N-dealkylation sites (tertiary alicyclic amines) is 1. The molecular formula is C24H25F3N2O3. The van der Waals surface area contributed by atoms with E-state index in [1.807, 2.05) is 24.3 Å². The second-order valence-electron chi connectivity index (χ2n) is 8.26.